The molecule has 0 saturated carbocycles. The molecule has 1 heterocycles. The van der Waals surface area contributed by atoms with E-state index in [4.69, 9.17) is 0 Å². The minimum atomic E-state index is -0.146. The van der Waals surface area contributed by atoms with Crippen molar-refractivity contribution in [3.63, 3.8) is 0 Å². The van der Waals surface area contributed by atoms with Crippen molar-refractivity contribution in [1.82, 2.24) is 10.2 Å². The van der Waals surface area contributed by atoms with Crippen LogP contribution in [0.15, 0.2) is 24.3 Å². The first-order valence-electron chi connectivity index (χ1n) is 6.83. The lowest BCUT2D eigenvalue weighted by molar-refractivity contribution is 0.199. The first-order chi connectivity index (χ1) is 8.66. The van der Waals surface area contributed by atoms with Gasteiger partial charge in [0.15, 0.2) is 0 Å². The highest BCUT2D eigenvalue weighted by molar-refractivity contribution is 5.19. The molecule has 1 aliphatic rings. The van der Waals surface area contributed by atoms with E-state index in [1.807, 2.05) is 6.07 Å². The molecular weight excluding hydrogens is 227 g/mol. The summed E-state index contributed by atoms with van der Waals surface area (Å²) in [4.78, 5) is 2.33. The van der Waals surface area contributed by atoms with E-state index in [2.05, 4.69) is 24.2 Å². The highest BCUT2D eigenvalue weighted by atomic mass is 19.1. The van der Waals surface area contributed by atoms with Crippen LogP contribution in [0, 0.1) is 11.7 Å². The van der Waals surface area contributed by atoms with Crippen molar-refractivity contribution >= 4 is 0 Å². The van der Waals surface area contributed by atoms with Crippen molar-refractivity contribution in [1.29, 1.82) is 0 Å². The zero-order valence-corrected chi connectivity index (χ0v) is 11.3. The quantitative estimate of drug-likeness (QED) is 0.884. The number of nitrogens with one attached hydrogen (secondary N) is 1. The van der Waals surface area contributed by atoms with Gasteiger partial charge in [0.25, 0.3) is 0 Å². The second kappa shape index (κ2) is 6.30. The van der Waals surface area contributed by atoms with E-state index in [-0.39, 0.29) is 11.9 Å². The van der Waals surface area contributed by atoms with E-state index in [0.29, 0.717) is 0 Å². The van der Waals surface area contributed by atoms with Gasteiger partial charge in [-0.1, -0.05) is 12.1 Å². The number of hydrogen-bond donors (Lipinski definition) is 1. The second-order valence-electron chi connectivity index (χ2n) is 5.38. The van der Waals surface area contributed by atoms with Gasteiger partial charge >= 0.3 is 0 Å². The maximum Gasteiger partial charge on any atom is 0.123 e. The molecule has 1 aromatic carbocycles. The Labute approximate surface area is 109 Å². The van der Waals surface area contributed by atoms with Crippen LogP contribution in [0.25, 0.3) is 0 Å². The fourth-order valence-corrected chi connectivity index (χ4v) is 2.67. The number of hydrogen-bond acceptors (Lipinski definition) is 2. The summed E-state index contributed by atoms with van der Waals surface area (Å²) in [5.41, 5.74) is 1.06. The van der Waals surface area contributed by atoms with Gasteiger partial charge < -0.3 is 5.32 Å². The van der Waals surface area contributed by atoms with Crippen LogP contribution in [-0.4, -0.2) is 31.6 Å². The highest BCUT2D eigenvalue weighted by Gasteiger charge is 2.18. The summed E-state index contributed by atoms with van der Waals surface area (Å²) >= 11 is 0. The minimum Gasteiger partial charge on any atom is -0.316 e. The van der Waals surface area contributed by atoms with Gasteiger partial charge in [-0.25, -0.2) is 4.39 Å². The second-order valence-corrected chi connectivity index (χ2v) is 5.38. The molecule has 2 unspecified atom stereocenters. The molecule has 0 radical (unpaired) electrons. The van der Waals surface area contributed by atoms with Crippen LogP contribution >= 0.6 is 0 Å². The first kappa shape index (κ1) is 13.5. The lowest BCUT2D eigenvalue weighted by Crippen LogP contribution is -2.37. The molecular formula is C15H23FN2. The Balaban J connectivity index is 1.93. The predicted octanol–water partition coefficient (Wildman–Crippen LogP) is 2.82. The molecule has 100 valence electrons. The van der Waals surface area contributed by atoms with Crippen molar-refractivity contribution in [3.8, 4) is 0 Å². The molecule has 2 nitrogen and oxygen atoms in total. The average molecular weight is 250 g/mol. The number of halogens is 1. The molecule has 0 aliphatic carbocycles. The van der Waals surface area contributed by atoms with Crippen LogP contribution in [0.3, 0.4) is 0 Å². The SMILES string of the molecule is CC(c1cccc(F)c1)N(C)CC1CCCNC1. The van der Waals surface area contributed by atoms with E-state index >= 15 is 0 Å². The molecule has 18 heavy (non-hydrogen) atoms. The monoisotopic (exact) mass is 250 g/mol. The van der Waals surface area contributed by atoms with E-state index in [1.165, 1.54) is 18.9 Å². The van der Waals surface area contributed by atoms with Crippen LogP contribution in [0.2, 0.25) is 0 Å². The minimum absolute atomic E-state index is 0.146. The van der Waals surface area contributed by atoms with E-state index in [1.54, 1.807) is 12.1 Å². The lowest BCUT2D eigenvalue weighted by atomic mass is 9.98. The summed E-state index contributed by atoms with van der Waals surface area (Å²) in [5.74, 6) is 0.576. The van der Waals surface area contributed by atoms with Crippen LogP contribution in [0.4, 0.5) is 4.39 Å². The van der Waals surface area contributed by atoms with Crippen LogP contribution < -0.4 is 5.32 Å². The van der Waals surface area contributed by atoms with Gasteiger partial charge in [-0.2, -0.15) is 0 Å². The van der Waals surface area contributed by atoms with Gasteiger partial charge in [-0.3, -0.25) is 4.90 Å². The molecule has 0 bridgehead atoms. The molecule has 1 saturated heterocycles. The van der Waals surface area contributed by atoms with Crippen molar-refractivity contribution < 1.29 is 4.39 Å². The van der Waals surface area contributed by atoms with Gasteiger partial charge in [0.05, 0.1) is 0 Å². The zero-order valence-electron chi connectivity index (χ0n) is 11.3. The van der Waals surface area contributed by atoms with E-state index in [9.17, 15) is 4.39 Å². The Morgan fingerprint density at radius 1 is 1.50 bits per heavy atom. The summed E-state index contributed by atoms with van der Waals surface area (Å²) in [7, 11) is 2.13. The summed E-state index contributed by atoms with van der Waals surface area (Å²) < 4.78 is 13.2. The standard InChI is InChI=1S/C15H23FN2/c1-12(14-6-3-7-15(16)9-14)18(2)11-13-5-4-8-17-10-13/h3,6-7,9,12-13,17H,4-5,8,10-11H2,1-2H3. The Bertz CT molecular complexity index is 375. The molecule has 1 aromatic rings. The maximum absolute atomic E-state index is 13.2. The number of benzene rings is 1. The van der Waals surface area contributed by atoms with Gasteiger partial charge in [0, 0.05) is 12.6 Å². The molecule has 0 aromatic heterocycles. The van der Waals surface area contributed by atoms with Gasteiger partial charge in [-0.05, 0) is 63.5 Å². The average Bonchev–Trinajstić information content (AvgIpc) is 2.39. The third kappa shape index (κ3) is 3.53. The fourth-order valence-electron chi connectivity index (χ4n) is 2.67. The van der Waals surface area contributed by atoms with Crippen LogP contribution in [0.5, 0.6) is 0 Å². The summed E-state index contributed by atoms with van der Waals surface area (Å²) in [6.07, 6.45) is 2.57. The number of piperidine rings is 1. The van der Waals surface area contributed by atoms with E-state index in [0.717, 1.165) is 31.1 Å². The van der Waals surface area contributed by atoms with Crippen LogP contribution in [-0.2, 0) is 0 Å². The topological polar surface area (TPSA) is 15.3 Å². The Hall–Kier alpha value is -0.930. The normalized spacial score (nSPS) is 22.1. The van der Waals surface area contributed by atoms with Crippen molar-refractivity contribution in [2.75, 3.05) is 26.7 Å². The van der Waals surface area contributed by atoms with Crippen molar-refractivity contribution in [2.45, 2.75) is 25.8 Å². The smallest absolute Gasteiger partial charge is 0.123 e. The molecule has 1 fully saturated rings. The highest BCUT2D eigenvalue weighted by Crippen LogP contribution is 2.22. The third-order valence-corrected chi connectivity index (χ3v) is 3.94. The number of nitrogens with zero attached hydrogens (tertiary/aromatic N) is 1. The van der Waals surface area contributed by atoms with Crippen molar-refractivity contribution in [2.24, 2.45) is 5.92 Å². The number of rotatable bonds is 4. The van der Waals surface area contributed by atoms with Crippen LogP contribution in [0.1, 0.15) is 31.4 Å². The molecule has 2 atom stereocenters. The lowest BCUT2D eigenvalue weighted by Gasteiger charge is -2.31. The van der Waals surface area contributed by atoms with Gasteiger partial charge in [0.2, 0.25) is 0 Å². The van der Waals surface area contributed by atoms with Crippen molar-refractivity contribution in [3.05, 3.63) is 35.6 Å². The van der Waals surface area contributed by atoms with Gasteiger partial charge in [0.1, 0.15) is 5.82 Å². The van der Waals surface area contributed by atoms with Gasteiger partial charge in [-0.15, -0.1) is 0 Å². The first-order valence-corrected chi connectivity index (χ1v) is 6.83. The Morgan fingerprint density at radius 3 is 3.00 bits per heavy atom. The zero-order chi connectivity index (χ0) is 13.0. The van der Waals surface area contributed by atoms with E-state index < -0.39 is 0 Å². The molecule has 1 N–H and O–H groups in total. The molecule has 3 heteroatoms. The summed E-state index contributed by atoms with van der Waals surface area (Å²) in [5, 5.41) is 3.44. The Kier molecular flexibility index (Phi) is 4.72. The summed E-state index contributed by atoms with van der Waals surface area (Å²) in [6, 6.07) is 7.20. The maximum atomic E-state index is 13.2. The molecule has 2 rings (SSSR count). The largest absolute Gasteiger partial charge is 0.316 e. The predicted molar refractivity (Wildman–Crippen MR) is 73.0 cm³/mol. The fraction of sp³-hybridized carbons (Fsp3) is 0.600. The summed E-state index contributed by atoms with van der Waals surface area (Å²) in [6.45, 7) is 5.48. The molecule has 1 aliphatic heterocycles. The third-order valence-electron chi connectivity index (χ3n) is 3.94. The Morgan fingerprint density at radius 2 is 2.33 bits per heavy atom. The molecule has 0 spiro atoms. The molecule has 0 amide bonds.